The van der Waals surface area contributed by atoms with Crippen molar-refractivity contribution in [1.82, 2.24) is 5.32 Å². The summed E-state index contributed by atoms with van der Waals surface area (Å²) >= 11 is 0. The summed E-state index contributed by atoms with van der Waals surface area (Å²) in [4.78, 5) is 0. The number of hydrogen-bond acceptors (Lipinski definition) is 3. The molecule has 0 spiro atoms. The number of nitrogens with one attached hydrogen (secondary N) is 1. The minimum atomic E-state index is -0.303. The lowest BCUT2D eigenvalue weighted by Gasteiger charge is -2.16. The van der Waals surface area contributed by atoms with Gasteiger partial charge in [0.05, 0.1) is 17.7 Å². The van der Waals surface area contributed by atoms with Gasteiger partial charge in [0.2, 0.25) is 0 Å². The quantitative estimate of drug-likeness (QED) is 0.836. The van der Waals surface area contributed by atoms with Crippen LogP contribution in [0, 0.1) is 22.7 Å². The Labute approximate surface area is 96.3 Å². The van der Waals surface area contributed by atoms with Gasteiger partial charge in [-0.2, -0.15) is 10.5 Å². The van der Waals surface area contributed by atoms with E-state index in [1.807, 2.05) is 19.1 Å². The maximum Gasteiger partial charge on any atom is 0.121 e. The smallest absolute Gasteiger partial charge is 0.121 e. The fourth-order valence-electron chi connectivity index (χ4n) is 1.36. The first kappa shape index (κ1) is 12.2. The molecule has 82 valence electrons. The molecule has 2 unspecified atom stereocenters. The summed E-state index contributed by atoms with van der Waals surface area (Å²) in [7, 11) is 0. The van der Waals surface area contributed by atoms with Crippen molar-refractivity contribution in [3.63, 3.8) is 0 Å². The number of nitrogens with zero attached hydrogens (tertiary/aromatic N) is 2. The van der Waals surface area contributed by atoms with Crippen molar-refractivity contribution >= 4 is 0 Å². The topological polar surface area (TPSA) is 59.6 Å². The average Bonchev–Trinajstić information content (AvgIpc) is 2.35. The number of hydrogen-bond donors (Lipinski definition) is 1. The van der Waals surface area contributed by atoms with Crippen LogP contribution in [-0.2, 0) is 0 Å². The van der Waals surface area contributed by atoms with Gasteiger partial charge in [0, 0.05) is 6.04 Å². The van der Waals surface area contributed by atoms with Crippen LogP contribution in [0.4, 0.5) is 0 Å². The third kappa shape index (κ3) is 3.08. The van der Waals surface area contributed by atoms with Crippen molar-refractivity contribution in [2.75, 3.05) is 0 Å². The first-order valence-corrected chi connectivity index (χ1v) is 5.37. The summed E-state index contributed by atoms with van der Waals surface area (Å²) in [6, 6.07) is 11.4. The van der Waals surface area contributed by atoms with Crippen molar-refractivity contribution in [3.05, 3.63) is 35.4 Å². The molecule has 0 amide bonds. The molecule has 2 atom stereocenters. The molecule has 0 radical (unpaired) electrons. The zero-order valence-electron chi connectivity index (χ0n) is 9.57. The highest BCUT2D eigenvalue weighted by Crippen LogP contribution is 2.14. The Morgan fingerprint density at radius 1 is 1.25 bits per heavy atom. The molecule has 3 nitrogen and oxygen atoms in total. The number of nitriles is 2. The minimum Gasteiger partial charge on any atom is -0.296 e. The molecule has 0 fully saturated rings. The van der Waals surface area contributed by atoms with E-state index in [0.717, 1.165) is 12.0 Å². The molecule has 1 aromatic carbocycles. The van der Waals surface area contributed by atoms with E-state index in [1.165, 1.54) is 0 Å². The lowest BCUT2D eigenvalue weighted by molar-refractivity contribution is 0.501. The third-order valence-electron chi connectivity index (χ3n) is 2.57. The Morgan fingerprint density at radius 2 is 1.88 bits per heavy atom. The normalized spacial score (nSPS) is 13.5. The van der Waals surface area contributed by atoms with E-state index >= 15 is 0 Å². The summed E-state index contributed by atoms with van der Waals surface area (Å²) in [5.41, 5.74) is 1.52. The maximum atomic E-state index is 9.07. The predicted octanol–water partition coefficient (Wildman–Crippen LogP) is 2.51. The van der Waals surface area contributed by atoms with E-state index in [9.17, 15) is 0 Å². The van der Waals surface area contributed by atoms with E-state index in [2.05, 4.69) is 24.4 Å². The SMILES string of the molecule is CCC(C)NC(C#N)c1ccc(C#N)cc1. The molecule has 1 aromatic rings. The van der Waals surface area contributed by atoms with Crippen molar-refractivity contribution in [3.8, 4) is 12.1 Å². The van der Waals surface area contributed by atoms with Crippen LogP contribution in [0.25, 0.3) is 0 Å². The van der Waals surface area contributed by atoms with E-state index in [-0.39, 0.29) is 6.04 Å². The van der Waals surface area contributed by atoms with Crippen LogP contribution >= 0.6 is 0 Å². The molecule has 0 aliphatic rings. The molecule has 1 rings (SSSR count). The van der Waals surface area contributed by atoms with Gasteiger partial charge in [0.25, 0.3) is 0 Å². The van der Waals surface area contributed by atoms with Gasteiger partial charge in [0.15, 0.2) is 0 Å². The van der Waals surface area contributed by atoms with Crippen LogP contribution in [-0.4, -0.2) is 6.04 Å². The molecule has 0 saturated carbocycles. The molecular weight excluding hydrogens is 198 g/mol. The van der Waals surface area contributed by atoms with E-state index in [4.69, 9.17) is 10.5 Å². The van der Waals surface area contributed by atoms with Crippen LogP contribution in [0.5, 0.6) is 0 Å². The average molecular weight is 213 g/mol. The first-order valence-electron chi connectivity index (χ1n) is 5.37. The van der Waals surface area contributed by atoms with Crippen LogP contribution < -0.4 is 5.32 Å². The molecule has 3 heteroatoms. The van der Waals surface area contributed by atoms with Gasteiger partial charge in [-0.15, -0.1) is 0 Å². The molecule has 0 heterocycles. The van der Waals surface area contributed by atoms with Gasteiger partial charge in [-0.05, 0) is 31.0 Å². The molecule has 0 saturated heterocycles. The Bertz CT molecular complexity index is 408. The van der Waals surface area contributed by atoms with Gasteiger partial charge in [-0.25, -0.2) is 0 Å². The summed E-state index contributed by atoms with van der Waals surface area (Å²) in [5, 5.41) is 21.0. The first-order chi connectivity index (χ1) is 7.71. The van der Waals surface area contributed by atoms with Crippen LogP contribution in [0.15, 0.2) is 24.3 Å². The standard InChI is InChI=1S/C13H15N3/c1-3-10(2)16-13(9-15)12-6-4-11(8-14)5-7-12/h4-7,10,13,16H,3H2,1-2H3. The summed E-state index contributed by atoms with van der Waals surface area (Å²) in [6.45, 7) is 4.12. The molecule has 16 heavy (non-hydrogen) atoms. The molecule has 0 aliphatic heterocycles. The van der Waals surface area contributed by atoms with Crippen LogP contribution in [0.2, 0.25) is 0 Å². The fourth-order valence-corrected chi connectivity index (χ4v) is 1.36. The Hall–Kier alpha value is -1.84. The molecule has 0 aliphatic carbocycles. The van der Waals surface area contributed by atoms with Gasteiger partial charge < -0.3 is 0 Å². The maximum absolute atomic E-state index is 9.07. The molecule has 0 bridgehead atoms. The van der Waals surface area contributed by atoms with E-state index in [1.54, 1.807) is 12.1 Å². The monoisotopic (exact) mass is 213 g/mol. The summed E-state index contributed by atoms with van der Waals surface area (Å²) in [5.74, 6) is 0. The largest absolute Gasteiger partial charge is 0.296 e. The third-order valence-corrected chi connectivity index (χ3v) is 2.57. The summed E-state index contributed by atoms with van der Waals surface area (Å²) in [6.07, 6.45) is 0.981. The Balaban J connectivity index is 2.81. The molecular formula is C13H15N3. The number of benzene rings is 1. The highest BCUT2D eigenvalue weighted by atomic mass is 14.9. The summed E-state index contributed by atoms with van der Waals surface area (Å²) < 4.78 is 0. The van der Waals surface area contributed by atoms with Crippen LogP contribution in [0.1, 0.15) is 37.4 Å². The second kappa shape index (κ2) is 5.90. The highest BCUT2D eigenvalue weighted by molar-refractivity contribution is 5.34. The Kier molecular flexibility index (Phi) is 4.51. The fraction of sp³-hybridized carbons (Fsp3) is 0.385. The Morgan fingerprint density at radius 3 is 2.31 bits per heavy atom. The van der Waals surface area contributed by atoms with E-state index < -0.39 is 0 Å². The van der Waals surface area contributed by atoms with Gasteiger partial charge in [-0.3, -0.25) is 5.32 Å². The van der Waals surface area contributed by atoms with Crippen molar-refractivity contribution in [2.45, 2.75) is 32.4 Å². The lowest BCUT2D eigenvalue weighted by Crippen LogP contribution is -2.29. The highest BCUT2D eigenvalue weighted by Gasteiger charge is 2.12. The lowest BCUT2D eigenvalue weighted by atomic mass is 10.0. The molecule has 0 aromatic heterocycles. The van der Waals surface area contributed by atoms with Gasteiger partial charge >= 0.3 is 0 Å². The van der Waals surface area contributed by atoms with Gasteiger partial charge in [0.1, 0.15) is 6.04 Å². The van der Waals surface area contributed by atoms with Crippen molar-refractivity contribution in [2.24, 2.45) is 0 Å². The second-order valence-corrected chi connectivity index (χ2v) is 3.77. The van der Waals surface area contributed by atoms with E-state index in [0.29, 0.717) is 11.6 Å². The van der Waals surface area contributed by atoms with Gasteiger partial charge in [-0.1, -0.05) is 19.1 Å². The van der Waals surface area contributed by atoms with Crippen LogP contribution in [0.3, 0.4) is 0 Å². The molecule has 1 N–H and O–H groups in total. The number of rotatable bonds is 4. The zero-order chi connectivity index (χ0) is 12.0. The van der Waals surface area contributed by atoms with Crippen molar-refractivity contribution < 1.29 is 0 Å². The minimum absolute atomic E-state index is 0.303. The predicted molar refractivity (Wildman–Crippen MR) is 62.4 cm³/mol. The zero-order valence-corrected chi connectivity index (χ0v) is 9.57. The second-order valence-electron chi connectivity index (χ2n) is 3.77. The van der Waals surface area contributed by atoms with Crippen molar-refractivity contribution in [1.29, 1.82) is 10.5 Å².